The van der Waals surface area contributed by atoms with Crippen LogP contribution in [0.15, 0.2) is 0 Å². The lowest BCUT2D eigenvalue weighted by Gasteiger charge is -2.30. The van der Waals surface area contributed by atoms with Crippen molar-refractivity contribution >= 4 is 5.97 Å². The van der Waals surface area contributed by atoms with Crippen LogP contribution in [0.1, 0.15) is 38.5 Å². The van der Waals surface area contributed by atoms with Crippen molar-refractivity contribution in [3.05, 3.63) is 0 Å². The molecule has 0 amide bonds. The van der Waals surface area contributed by atoms with Gasteiger partial charge in [-0.05, 0) is 38.6 Å². The summed E-state index contributed by atoms with van der Waals surface area (Å²) in [7, 11) is 0. The monoisotopic (exact) mass is 229 g/mol. The molecular formula is C11H23N3O2. The van der Waals surface area contributed by atoms with E-state index in [1.54, 1.807) is 0 Å². The third-order valence-corrected chi connectivity index (χ3v) is 2.94. The number of piperidine rings is 1. The van der Waals surface area contributed by atoms with Crippen LogP contribution in [0.5, 0.6) is 0 Å². The average molecular weight is 229 g/mol. The second kappa shape index (κ2) is 7.60. The van der Waals surface area contributed by atoms with E-state index in [0.717, 1.165) is 38.8 Å². The van der Waals surface area contributed by atoms with Gasteiger partial charge in [-0.2, -0.15) is 0 Å². The molecule has 0 aromatic rings. The average Bonchev–Trinajstić information content (AvgIpc) is 2.29. The fraction of sp³-hybridized carbons (Fsp3) is 0.909. The van der Waals surface area contributed by atoms with Gasteiger partial charge in [0.05, 0.1) is 0 Å². The SMILES string of the molecule is NCCCC[C@H](NN1CCCCC1)C(=O)O. The third-order valence-electron chi connectivity index (χ3n) is 2.94. The highest BCUT2D eigenvalue weighted by Crippen LogP contribution is 2.08. The molecule has 5 heteroatoms. The molecule has 1 aliphatic rings. The highest BCUT2D eigenvalue weighted by Gasteiger charge is 2.20. The predicted octanol–water partition coefficient (Wildman–Crippen LogP) is 0.559. The zero-order valence-corrected chi connectivity index (χ0v) is 9.82. The van der Waals surface area contributed by atoms with Crippen molar-refractivity contribution in [1.29, 1.82) is 0 Å². The lowest BCUT2D eigenvalue weighted by atomic mass is 10.1. The Bertz CT molecular complexity index is 205. The van der Waals surface area contributed by atoms with Crippen molar-refractivity contribution in [2.45, 2.75) is 44.6 Å². The van der Waals surface area contributed by atoms with Crippen LogP contribution in [0.3, 0.4) is 0 Å². The van der Waals surface area contributed by atoms with E-state index in [0.29, 0.717) is 13.0 Å². The quantitative estimate of drug-likeness (QED) is 0.556. The fourth-order valence-electron chi connectivity index (χ4n) is 1.98. The van der Waals surface area contributed by atoms with Gasteiger partial charge in [-0.25, -0.2) is 10.4 Å². The maximum absolute atomic E-state index is 11.0. The summed E-state index contributed by atoms with van der Waals surface area (Å²) in [6.45, 7) is 2.55. The maximum atomic E-state index is 11.0. The highest BCUT2D eigenvalue weighted by molar-refractivity contribution is 5.73. The number of nitrogens with two attached hydrogens (primary N) is 1. The smallest absolute Gasteiger partial charge is 0.322 e. The number of rotatable bonds is 7. The standard InChI is InChI=1S/C11H23N3O2/c12-7-3-2-6-10(11(15)16)13-14-8-4-1-5-9-14/h10,13H,1-9,12H2,(H,15,16)/t10-/m0/s1. The van der Waals surface area contributed by atoms with E-state index >= 15 is 0 Å². The first-order valence-electron chi connectivity index (χ1n) is 6.18. The Morgan fingerprint density at radius 3 is 2.56 bits per heavy atom. The molecule has 0 radical (unpaired) electrons. The molecule has 16 heavy (non-hydrogen) atoms. The molecular weight excluding hydrogens is 206 g/mol. The first kappa shape index (κ1) is 13.4. The Labute approximate surface area is 97.0 Å². The molecule has 0 spiro atoms. The second-order valence-electron chi connectivity index (χ2n) is 4.35. The van der Waals surface area contributed by atoms with Crippen LogP contribution in [-0.4, -0.2) is 41.8 Å². The van der Waals surface area contributed by atoms with Gasteiger partial charge in [0.1, 0.15) is 6.04 Å². The van der Waals surface area contributed by atoms with E-state index in [1.807, 2.05) is 5.01 Å². The van der Waals surface area contributed by atoms with Gasteiger partial charge in [-0.3, -0.25) is 4.79 Å². The molecule has 4 N–H and O–H groups in total. The number of aliphatic carboxylic acids is 1. The molecule has 1 heterocycles. The topological polar surface area (TPSA) is 78.6 Å². The van der Waals surface area contributed by atoms with Crippen LogP contribution in [0, 0.1) is 0 Å². The minimum Gasteiger partial charge on any atom is -0.480 e. The summed E-state index contributed by atoms with van der Waals surface area (Å²) in [6, 6.07) is -0.454. The van der Waals surface area contributed by atoms with Crippen LogP contribution in [0.25, 0.3) is 0 Å². The Balaban J connectivity index is 2.28. The van der Waals surface area contributed by atoms with Crippen LogP contribution in [0.2, 0.25) is 0 Å². The van der Waals surface area contributed by atoms with Gasteiger partial charge in [-0.15, -0.1) is 0 Å². The second-order valence-corrected chi connectivity index (χ2v) is 4.35. The molecule has 0 saturated carbocycles. The molecule has 1 atom stereocenters. The number of unbranched alkanes of at least 4 members (excludes halogenated alkanes) is 1. The molecule has 0 aliphatic carbocycles. The number of nitrogens with one attached hydrogen (secondary N) is 1. The third kappa shape index (κ3) is 4.92. The van der Waals surface area contributed by atoms with E-state index in [4.69, 9.17) is 10.8 Å². The Kier molecular flexibility index (Phi) is 6.37. The van der Waals surface area contributed by atoms with Crippen molar-refractivity contribution in [2.75, 3.05) is 19.6 Å². The Morgan fingerprint density at radius 1 is 1.31 bits per heavy atom. The summed E-state index contributed by atoms with van der Waals surface area (Å²) in [5.41, 5.74) is 8.50. The number of hydrazine groups is 1. The fourth-order valence-corrected chi connectivity index (χ4v) is 1.98. The van der Waals surface area contributed by atoms with Crippen molar-refractivity contribution < 1.29 is 9.90 Å². The first-order chi connectivity index (χ1) is 7.74. The minimum absolute atomic E-state index is 0.454. The number of carboxylic acids is 1. The Morgan fingerprint density at radius 2 is 2.00 bits per heavy atom. The molecule has 1 rings (SSSR count). The number of carbonyl (C=O) groups is 1. The molecule has 0 unspecified atom stereocenters. The summed E-state index contributed by atoms with van der Waals surface area (Å²) in [6.07, 6.45) is 5.98. The van der Waals surface area contributed by atoms with Gasteiger partial charge >= 0.3 is 5.97 Å². The van der Waals surface area contributed by atoms with E-state index in [1.165, 1.54) is 6.42 Å². The van der Waals surface area contributed by atoms with Crippen LogP contribution < -0.4 is 11.2 Å². The van der Waals surface area contributed by atoms with Crippen molar-refractivity contribution in [3.63, 3.8) is 0 Å². The van der Waals surface area contributed by atoms with Crippen molar-refractivity contribution in [2.24, 2.45) is 5.73 Å². The summed E-state index contributed by atoms with van der Waals surface area (Å²) in [4.78, 5) is 11.0. The zero-order chi connectivity index (χ0) is 11.8. The van der Waals surface area contributed by atoms with E-state index in [2.05, 4.69) is 5.43 Å². The van der Waals surface area contributed by atoms with Gasteiger partial charge in [0.15, 0.2) is 0 Å². The molecule has 0 bridgehead atoms. The molecule has 0 aromatic heterocycles. The van der Waals surface area contributed by atoms with Crippen LogP contribution in [-0.2, 0) is 4.79 Å². The highest BCUT2D eigenvalue weighted by atomic mass is 16.4. The molecule has 0 aromatic carbocycles. The van der Waals surface area contributed by atoms with Crippen molar-refractivity contribution in [1.82, 2.24) is 10.4 Å². The molecule has 5 nitrogen and oxygen atoms in total. The summed E-state index contributed by atoms with van der Waals surface area (Å²) in [5, 5.41) is 11.1. The summed E-state index contributed by atoms with van der Waals surface area (Å²) in [5.74, 6) is -0.761. The van der Waals surface area contributed by atoms with E-state index in [-0.39, 0.29) is 0 Å². The number of nitrogens with zero attached hydrogens (tertiary/aromatic N) is 1. The molecule has 1 saturated heterocycles. The number of hydrogen-bond donors (Lipinski definition) is 3. The summed E-state index contributed by atoms with van der Waals surface area (Å²) >= 11 is 0. The lowest BCUT2D eigenvalue weighted by molar-refractivity contribution is -0.141. The molecule has 1 aliphatic heterocycles. The van der Waals surface area contributed by atoms with Gasteiger partial charge in [0.2, 0.25) is 0 Å². The maximum Gasteiger partial charge on any atom is 0.322 e. The van der Waals surface area contributed by atoms with Gasteiger partial charge in [0.25, 0.3) is 0 Å². The zero-order valence-electron chi connectivity index (χ0n) is 9.82. The van der Waals surface area contributed by atoms with Gasteiger partial charge < -0.3 is 10.8 Å². The lowest BCUT2D eigenvalue weighted by Crippen LogP contribution is -2.50. The van der Waals surface area contributed by atoms with E-state index < -0.39 is 12.0 Å². The summed E-state index contributed by atoms with van der Waals surface area (Å²) < 4.78 is 0. The number of hydrogen-bond acceptors (Lipinski definition) is 4. The minimum atomic E-state index is -0.761. The first-order valence-corrected chi connectivity index (χ1v) is 6.18. The molecule has 94 valence electrons. The van der Waals surface area contributed by atoms with E-state index in [9.17, 15) is 4.79 Å². The largest absolute Gasteiger partial charge is 0.480 e. The Hall–Kier alpha value is -0.650. The molecule has 1 fully saturated rings. The van der Waals surface area contributed by atoms with Crippen LogP contribution in [0.4, 0.5) is 0 Å². The van der Waals surface area contributed by atoms with Crippen molar-refractivity contribution in [3.8, 4) is 0 Å². The predicted molar refractivity (Wildman–Crippen MR) is 62.9 cm³/mol. The van der Waals surface area contributed by atoms with Crippen LogP contribution >= 0.6 is 0 Å². The normalized spacial score (nSPS) is 19.6. The van der Waals surface area contributed by atoms with Gasteiger partial charge in [0, 0.05) is 13.1 Å². The van der Waals surface area contributed by atoms with Gasteiger partial charge in [-0.1, -0.05) is 6.42 Å². The number of carboxylic acid groups (broad SMARTS) is 1.